The Labute approximate surface area is 109 Å². The maximum Gasteiger partial charge on any atom is 0.270 e. The number of aromatic nitrogens is 1. The average Bonchev–Trinajstić information content (AvgIpc) is 2.86. The molecule has 4 heteroatoms. The van der Waals surface area contributed by atoms with E-state index >= 15 is 0 Å². The minimum Gasteiger partial charge on any atom is -0.344 e. The number of piperidine rings is 1. The van der Waals surface area contributed by atoms with Gasteiger partial charge in [-0.3, -0.25) is 4.79 Å². The van der Waals surface area contributed by atoms with E-state index in [4.69, 9.17) is 5.73 Å². The third kappa shape index (κ3) is 2.43. The van der Waals surface area contributed by atoms with Gasteiger partial charge in [-0.05, 0) is 37.8 Å². The lowest BCUT2D eigenvalue weighted by molar-refractivity contribution is 0.0563. The van der Waals surface area contributed by atoms with Gasteiger partial charge in [0.2, 0.25) is 0 Å². The Bertz CT molecular complexity index is 413. The topological polar surface area (TPSA) is 51.3 Å². The fourth-order valence-corrected chi connectivity index (χ4v) is 2.77. The van der Waals surface area contributed by atoms with Crippen LogP contribution in [-0.2, 0) is 6.54 Å². The van der Waals surface area contributed by atoms with Crippen LogP contribution in [0.2, 0.25) is 0 Å². The molecule has 2 N–H and O–H groups in total. The van der Waals surface area contributed by atoms with E-state index in [2.05, 4.69) is 13.8 Å². The highest BCUT2D eigenvalue weighted by Crippen LogP contribution is 2.23. The SMILES string of the molecule is CCn1cccc1C(=O)N1CCC(C)CC1CN. The molecule has 1 fully saturated rings. The number of rotatable bonds is 3. The van der Waals surface area contributed by atoms with Gasteiger partial charge in [0.25, 0.3) is 5.91 Å². The zero-order valence-corrected chi connectivity index (χ0v) is 11.3. The van der Waals surface area contributed by atoms with Gasteiger partial charge in [0.05, 0.1) is 0 Å². The molecule has 1 aliphatic rings. The number of carbonyl (C=O) groups excluding carboxylic acids is 1. The van der Waals surface area contributed by atoms with Gasteiger partial charge >= 0.3 is 0 Å². The number of nitrogens with zero attached hydrogens (tertiary/aromatic N) is 2. The Balaban J connectivity index is 2.17. The maximum atomic E-state index is 12.6. The van der Waals surface area contributed by atoms with Crippen molar-refractivity contribution in [3.8, 4) is 0 Å². The molecule has 0 aromatic carbocycles. The highest BCUT2D eigenvalue weighted by atomic mass is 16.2. The van der Waals surface area contributed by atoms with Crippen molar-refractivity contribution in [3.05, 3.63) is 24.0 Å². The second-order valence-electron chi connectivity index (χ2n) is 5.20. The summed E-state index contributed by atoms with van der Waals surface area (Å²) in [6.45, 7) is 6.50. The third-order valence-electron chi connectivity index (χ3n) is 3.90. The van der Waals surface area contributed by atoms with Gasteiger partial charge in [0.1, 0.15) is 5.69 Å². The molecule has 0 aliphatic carbocycles. The number of carbonyl (C=O) groups is 1. The van der Waals surface area contributed by atoms with Crippen LogP contribution >= 0.6 is 0 Å². The number of likely N-dealkylation sites (tertiary alicyclic amines) is 1. The van der Waals surface area contributed by atoms with Crippen molar-refractivity contribution < 1.29 is 4.79 Å². The molecule has 0 bridgehead atoms. The van der Waals surface area contributed by atoms with Crippen LogP contribution in [0.25, 0.3) is 0 Å². The molecular weight excluding hydrogens is 226 g/mol. The summed E-state index contributed by atoms with van der Waals surface area (Å²) in [6, 6.07) is 4.03. The van der Waals surface area contributed by atoms with E-state index in [1.165, 1.54) is 0 Å². The van der Waals surface area contributed by atoms with Crippen molar-refractivity contribution in [3.63, 3.8) is 0 Å². The average molecular weight is 249 g/mol. The lowest BCUT2D eigenvalue weighted by Gasteiger charge is -2.38. The van der Waals surface area contributed by atoms with Crippen molar-refractivity contribution in [1.82, 2.24) is 9.47 Å². The van der Waals surface area contributed by atoms with Crippen LogP contribution in [0.5, 0.6) is 0 Å². The first-order chi connectivity index (χ1) is 8.67. The van der Waals surface area contributed by atoms with Crippen molar-refractivity contribution in [1.29, 1.82) is 0 Å². The van der Waals surface area contributed by atoms with Crippen molar-refractivity contribution in [2.45, 2.75) is 39.3 Å². The van der Waals surface area contributed by atoms with Crippen molar-refractivity contribution in [2.24, 2.45) is 11.7 Å². The summed E-state index contributed by atoms with van der Waals surface area (Å²) >= 11 is 0. The van der Waals surface area contributed by atoms with Crippen LogP contribution in [0.1, 0.15) is 37.2 Å². The minimum atomic E-state index is 0.129. The zero-order valence-electron chi connectivity index (χ0n) is 11.3. The molecule has 0 spiro atoms. The lowest BCUT2D eigenvalue weighted by Crippen LogP contribution is -2.49. The first-order valence-electron chi connectivity index (χ1n) is 6.83. The zero-order chi connectivity index (χ0) is 13.1. The number of hydrogen-bond acceptors (Lipinski definition) is 2. The van der Waals surface area contributed by atoms with E-state index in [0.717, 1.165) is 31.6 Å². The van der Waals surface area contributed by atoms with Crippen molar-refractivity contribution >= 4 is 5.91 Å². The molecule has 1 aromatic rings. The van der Waals surface area contributed by atoms with Gasteiger partial charge in [-0.1, -0.05) is 6.92 Å². The van der Waals surface area contributed by atoms with Gasteiger partial charge in [-0.25, -0.2) is 0 Å². The molecule has 2 heterocycles. The molecule has 0 saturated carbocycles. The normalized spacial score (nSPS) is 24.3. The first-order valence-corrected chi connectivity index (χ1v) is 6.83. The fourth-order valence-electron chi connectivity index (χ4n) is 2.77. The molecule has 1 saturated heterocycles. The standard InChI is InChI=1S/C14H23N3O/c1-3-16-7-4-5-13(16)14(18)17-8-6-11(2)9-12(17)10-15/h4-5,7,11-12H,3,6,8-10,15H2,1-2H3. The van der Waals surface area contributed by atoms with E-state index in [1.54, 1.807) is 0 Å². The highest BCUT2D eigenvalue weighted by molar-refractivity contribution is 5.93. The van der Waals surface area contributed by atoms with E-state index < -0.39 is 0 Å². The molecule has 1 aromatic heterocycles. The van der Waals surface area contributed by atoms with Crippen LogP contribution in [0.15, 0.2) is 18.3 Å². The van der Waals surface area contributed by atoms with Gasteiger partial charge in [0.15, 0.2) is 0 Å². The molecule has 4 nitrogen and oxygen atoms in total. The number of aryl methyl sites for hydroxylation is 1. The maximum absolute atomic E-state index is 12.6. The third-order valence-corrected chi connectivity index (χ3v) is 3.90. The van der Waals surface area contributed by atoms with E-state index in [0.29, 0.717) is 12.5 Å². The summed E-state index contributed by atoms with van der Waals surface area (Å²) in [6.07, 6.45) is 4.06. The molecule has 1 amide bonds. The van der Waals surface area contributed by atoms with Crippen molar-refractivity contribution in [2.75, 3.05) is 13.1 Å². The second kappa shape index (κ2) is 5.57. The Morgan fingerprint density at radius 2 is 2.33 bits per heavy atom. The lowest BCUT2D eigenvalue weighted by atomic mass is 9.92. The van der Waals surface area contributed by atoms with Gasteiger partial charge in [-0.2, -0.15) is 0 Å². The molecule has 2 rings (SSSR count). The van der Waals surface area contributed by atoms with E-state index in [1.807, 2.05) is 27.8 Å². The largest absolute Gasteiger partial charge is 0.344 e. The smallest absolute Gasteiger partial charge is 0.270 e. The Kier molecular flexibility index (Phi) is 4.07. The predicted molar refractivity (Wildman–Crippen MR) is 72.4 cm³/mol. The molecule has 1 aliphatic heterocycles. The molecule has 100 valence electrons. The van der Waals surface area contributed by atoms with Gasteiger partial charge < -0.3 is 15.2 Å². The summed E-state index contributed by atoms with van der Waals surface area (Å²) in [5, 5.41) is 0. The number of nitrogens with two attached hydrogens (primary N) is 1. The summed E-state index contributed by atoms with van der Waals surface area (Å²) < 4.78 is 1.99. The number of amides is 1. The van der Waals surface area contributed by atoms with Crippen LogP contribution in [0.3, 0.4) is 0 Å². The quantitative estimate of drug-likeness (QED) is 0.886. The van der Waals surface area contributed by atoms with E-state index in [9.17, 15) is 4.79 Å². The number of hydrogen-bond donors (Lipinski definition) is 1. The predicted octanol–water partition coefficient (Wildman–Crippen LogP) is 1.71. The molecule has 2 unspecified atom stereocenters. The molecule has 0 radical (unpaired) electrons. The summed E-state index contributed by atoms with van der Waals surface area (Å²) in [4.78, 5) is 14.5. The Hall–Kier alpha value is -1.29. The Morgan fingerprint density at radius 3 is 3.00 bits per heavy atom. The van der Waals surface area contributed by atoms with Crippen LogP contribution in [-0.4, -0.2) is 34.5 Å². The molecule has 2 atom stereocenters. The minimum absolute atomic E-state index is 0.129. The van der Waals surface area contributed by atoms with E-state index in [-0.39, 0.29) is 11.9 Å². The first kappa shape index (κ1) is 13.1. The van der Waals surface area contributed by atoms with Crippen LogP contribution < -0.4 is 5.73 Å². The fraction of sp³-hybridized carbons (Fsp3) is 0.643. The molecular formula is C14H23N3O. The van der Waals surface area contributed by atoms with Crippen LogP contribution in [0.4, 0.5) is 0 Å². The second-order valence-corrected chi connectivity index (χ2v) is 5.20. The molecule has 18 heavy (non-hydrogen) atoms. The summed E-state index contributed by atoms with van der Waals surface area (Å²) in [5.41, 5.74) is 6.60. The van der Waals surface area contributed by atoms with Crippen LogP contribution in [0, 0.1) is 5.92 Å². The van der Waals surface area contributed by atoms with Gasteiger partial charge in [0, 0.05) is 31.9 Å². The highest BCUT2D eigenvalue weighted by Gasteiger charge is 2.30. The summed E-state index contributed by atoms with van der Waals surface area (Å²) in [7, 11) is 0. The summed E-state index contributed by atoms with van der Waals surface area (Å²) in [5.74, 6) is 0.796. The Morgan fingerprint density at radius 1 is 1.56 bits per heavy atom. The van der Waals surface area contributed by atoms with Gasteiger partial charge in [-0.15, -0.1) is 0 Å². The monoisotopic (exact) mass is 249 g/mol.